The summed E-state index contributed by atoms with van der Waals surface area (Å²) in [7, 11) is 1.43. The Bertz CT molecular complexity index is 382. The Morgan fingerprint density at radius 1 is 1.48 bits per heavy atom. The number of hydrogen-bond donors (Lipinski definition) is 2. The van der Waals surface area contributed by atoms with Crippen molar-refractivity contribution in [3.05, 3.63) is 0 Å². The summed E-state index contributed by atoms with van der Waals surface area (Å²) in [5, 5.41) is 12.6. The van der Waals surface area contributed by atoms with Gasteiger partial charge in [-0.3, -0.25) is 9.79 Å². The molecule has 1 fully saturated rings. The van der Waals surface area contributed by atoms with Gasteiger partial charge in [0.25, 0.3) is 0 Å². The van der Waals surface area contributed by atoms with Crippen molar-refractivity contribution in [3.8, 4) is 0 Å². The first-order valence-corrected chi connectivity index (χ1v) is 7.56. The zero-order valence-electron chi connectivity index (χ0n) is 13.8. The molecule has 0 radical (unpaired) electrons. The summed E-state index contributed by atoms with van der Waals surface area (Å²) in [6, 6.07) is 0. The zero-order valence-corrected chi connectivity index (χ0v) is 13.8. The molecular formula is C15H29N3O3. The number of guanidine groups is 1. The average Bonchev–Trinajstić information content (AvgIpc) is 2.84. The van der Waals surface area contributed by atoms with Gasteiger partial charge in [0.2, 0.25) is 0 Å². The molecule has 0 amide bonds. The number of aliphatic hydroxyl groups is 1. The van der Waals surface area contributed by atoms with Crippen molar-refractivity contribution in [2.45, 2.75) is 27.7 Å². The van der Waals surface area contributed by atoms with Gasteiger partial charge in [-0.15, -0.1) is 0 Å². The molecule has 0 spiro atoms. The van der Waals surface area contributed by atoms with Gasteiger partial charge in [-0.25, -0.2) is 0 Å². The summed E-state index contributed by atoms with van der Waals surface area (Å²) in [5.41, 5.74) is -0.242. The number of aliphatic imine (C=N–C) groups is 1. The van der Waals surface area contributed by atoms with E-state index < -0.39 is 0 Å². The maximum Gasteiger partial charge on any atom is 0.310 e. The van der Waals surface area contributed by atoms with Crippen LogP contribution in [0.25, 0.3) is 0 Å². The molecule has 0 aliphatic carbocycles. The van der Waals surface area contributed by atoms with E-state index in [4.69, 9.17) is 4.74 Å². The fourth-order valence-corrected chi connectivity index (χ4v) is 2.36. The number of esters is 1. The predicted molar refractivity (Wildman–Crippen MR) is 83.1 cm³/mol. The number of carbonyl (C=O) groups is 1. The van der Waals surface area contributed by atoms with Crippen LogP contribution in [-0.4, -0.2) is 61.8 Å². The fourth-order valence-electron chi connectivity index (χ4n) is 2.36. The Hall–Kier alpha value is -1.30. The first-order valence-electron chi connectivity index (χ1n) is 7.56. The SMILES string of the molecule is CCNC(=NCC(C)(C)CO)N1CC(C)C(C(=O)OC)C1. The van der Waals surface area contributed by atoms with Crippen LogP contribution in [0.4, 0.5) is 0 Å². The van der Waals surface area contributed by atoms with E-state index in [2.05, 4.69) is 22.1 Å². The van der Waals surface area contributed by atoms with Gasteiger partial charge in [0.1, 0.15) is 0 Å². The van der Waals surface area contributed by atoms with Gasteiger partial charge in [0.05, 0.1) is 19.6 Å². The lowest BCUT2D eigenvalue weighted by atomic mass is 9.95. The molecule has 6 nitrogen and oxygen atoms in total. The summed E-state index contributed by atoms with van der Waals surface area (Å²) < 4.78 is 4.87. The molecule has 0 aromatic carbocycles. The Morgan fingerprint density at radius 2 is 2.14 bits per heavy atom. The molecule has 1 saturated heterocycles. The molecule has 2 atom stereocenters. The van der Waals surface area contributed by atoms with Crippen LogP contribution in [-0.2, 0) is 9.53 Å². The highest BCUT2D eigenvalue weighted by Gasteiger charge is 2.37. The lowest BCUT2D eigenvalue weighted by Crippen LogP contribution is -2.41. The third kappa shape index (κ3) is 4.88. The molecule has 0 aromatic rings. The summed E-state index contributed by atoms with van der Waals surface area (Å²) >= 11 is 0. The van der Waals surface area contributed by atoms with Gasteiger partial charge in [-0.05, 0) is 12.8 Å². The molecule has 1 rings (SSSR count). The van der Waals surface area contributed by atoms with Crippen molar-refractivity contribution in [2.75, 3.05) is 39.9 Å². The van der Waals surface area contributed by atoms with Gasteiger partial charge in [-0.2, -0.15) is 0 Å². The predicted octanol–water partition coefficient (Wildman–Crippen LogP) is 0.711. The number of likely N-dealkylation sites (tertiary alicyclic amines) is 1. The van der Waals surface area contributed by atoms with Crippen LogP contribution >= 0.6 is 0 Å². The molecule has 2 N–H and O–H groups in total. The molecule has 2 unspecified atom stereocenters. The third-order valence-corrected chi connectivity index (χ3v) is 3.84. The second kappa shape index (κ2) is 7.64. The maximum atomic E-state index is 11.8. The quantitative estimate of drug-likeness (QED) is 0.444. The number of carbonyl (C=O) groups excluding carboxylic acids is 1. The standard InChI is InChI=1S/C15H29N3O3/c1-6-16-14(17-9-15(3,4)10-19)18-7-11(2)12(8-18)13(20)21-5/h11-12,19H,6-10H2,1-5H3,(H,16,17). The minimum Gasteiger partial charge on any atom is -0.469 e. The van der Waals surface area contributed by atoms with E-state index in [0.29, 0.717) is 13.1 Å². The van der Waals surface area contributed by atoms with Crippen LogP contribution in [0.2, 0.25) is 0 Å². The second-order valence-electron chi connectivity index (χ2n) is 6.50. The molecular weight excluding hydrogens is 270 g/mol. The fraction of sp³-hybridized carbons (Fsp3) is 0.867. The highest BCUT2D eigenvalue weighted by atomic mass is 16.5. The summed E-state index contributed by atoms with van der Waals surface area (Å²) in [6.45, 7) is 10.8. The van der Waals surface area contributed by atoms with E-state index in [0.717, 1.165) is 19.0 Å². The zero-order chi connectivity index (χ0) is 16.0. The topological polar surface area (TPSA) is 74.2 Å². The van der Waals surface area contributed by atoms with Gasteiger partial charge >= 0.3 is 5.97 Å². The summed E-state index contributed by atoms with van der Waals surface area (Å²) in [5.74, 6) is 0.783. The first kappa shape index (κ1) is 17.8. The number of methoxy groups -OCH3 is 1. The van der Waals surface area contributed by atoms with E-state index >= 15 is 0 Å². The molecule has 21 heavy (non-hydrogen) atoms. The monoisotopic (exact) mass is 299 g/mol. The van der Waals surface area contributed by atoms with Gasteiger partial charge < -0.3 is 20.1 Å². The van der Waals surface area contributed by atoms with Gasteiger partial charge in [0, 0.05) is 31.7 Å². The van der Waals surface area contributed by atoms with Crippen molar-refractivity contribution in [1.29, 1.82) is 0 Å². The van der Waals surface area contributed by atoms with Gasteiger partial charge in [-0.1, -0.05) is 20.8 Å². The number of nitrogens with one attached hydrogen (secondary N) is 1. The van der Waals surface area contributed by atoms with Crippen LogP contribution in [0.15, 0.2) is 4.99 Å². The Labute approximate surface area is 127 Å². The Morgan fingerprint density at radius 3 is 2.67 bits per heavy atom. The molecule has 6 heteroatoms. The lowest BCUT2D eigenvalue weighted by Gasteiger charge is -2.24. The second-order valence-corrected chi connectivity index (χ2v) is 6.50. The summed E-state index contributed by atoms with van der Waals surface area (Å²) in [4.78, 5) is 18.5. The number of hydrogen-bond acceptors (Lipinski definition) is 4. The van der Waals surface area contributed by atoms with Crippen LogP contribution in [0.1, 0.15) is 27.7 Å². The highest BCUT2D eigenvalue weighted by molar-refractivity contribution is 5.82. The van der Waals surface area contributed by atoms with Crippen molar-refractivity contribution in [2.24, 2.45) is 22.2 Å². The molecule has 122 valence electrons. The van der Waals surface area contributed by atoms with Crippen molar-refractivity contribution >= 4 is 11.9 Å². The normalized spacial score (nSPS) is 23.3. The van der Waals surface area contributed by atoms with Crippen LogP contribution in [0, 0.1) is 17.3 Å². The van der Waals surface area contributed by atoms with E-state index in [9.17, 15) is 9.90 Å². The minimum absolute atomic E-state index is 0.0943. The number of aliphatic hydroxyl groups excluding tert-OH is 1. The smallest absolute Gasteiger partial charge is 0.310 e. The molecule has 0 saturated carbocycles. The molecule has 0 bridgehead atoms. The van der Waals surface area contributed by atoms with E-state index in [-0.39, 0.29) is 29.8 Å². The molecule has 0 aromatic heterocycles. The van der Waals surface area contributed by atoms with E-state index in [1.165, 1.54) is 7.11 Å². The van der Waals surface area contributed by atoms with Crippen molar-refractivity contribution in [1.82, 2.24) is 10.2 Å². The first-order chi connectivity index (χ1) is 9.84. The molecule has 1 aliphatic rings. The number of rotatable bonds is 5. The van der Waals surface area contributed by atoms with E-state index in [1.54, 1.807) is 0 Å². The van der Waals surface area contributed by atoms with Crippen LogP contribution in [0.3, 0.4) is 0 Å². The average molecular weight is 299 g/mol. The van der Waals surface area contributed by atoms with Crippen LogP contribution in [0.5, 0.6) is 0 Å². The Balaban J connectivity index is 2.78. The van der Waals surface area contributed by atoms with Gasteiger partial charge in [0.15, 0.2) is 5.96 Å². The highest BCUT2D eigenvalue weighted by Crippen LogP contribution is 2.24. The number of nitrogens with zero attached hydrogens (tertiary/aromatic N) is 2. The van der Waals surface area contributed by atoms with E-state index in [1.807, 2.05) is 20.8 Å². The maximum absolute atomic E-state index is 11.8. The lowest BCUT2D eigenvalue weighted by molar-refractivity contribution is -0.145. The van der Waals surface area contributed by atoms with Crippen LogP contribution < -0.4 is 5.32 Å². The molecule has 1 aliphatic heterocycles. The molecule has 1 heterocycles. The largest absolute Gasteiger partial charge is 0.469 e. The summed E-state index contributed by atoms with van der Waals surface area (Å²) in [6.07, 6.45) is 0. The Kier molecular flexibility index (Phi) is 6.45. The third-order valence-electron chi connectivity index (χ3n) is 3.84. The van der Waals surface area contributed by atoms with Crippen molar-refractivity contribution in [3.63, 3.8) is 0 Å². The number of ether oxygens (including phenoxy) is 1. The van der Waals surface area contributed by atoms with Crippen molar-refractivity contribution < 1.29 is 14.6 Å². The minimum atomic E-state index is -0.242.